The Labute approximate surface area is 138 Å². The summed E-state index contributed by atoms with van der Waals surface area (Å²) in [6, 6.07) is 7.27. The predicted octanol–water partition coefficient (Wildman–Crippen LogP) is 1.50. The van der Waals surface area contributed by atoms with Gasteiger partial charge in [0.15, 0.2) is 0 Å². The summed E-state index contributed by atoms with van der Waals surface area (Å²) in [5.74, 6) is 0.919. The lowest BCUT2D eigenvalue weighted by Gasteiger charge is -2.08. The first-order chi connectivity index (χ1) is 11.6. The molecule has 2 aromatic heterocycles. The van der Waals surface area contributed by atoms with Crippen molar-refractivity contribution in [2.75, 3.05) is 12.3 Å². The molecule has 4 rings (SSSR count). The Morgan fingerprint density at radius 1 is 1.29 bits per heavy atom. The molecule has 1 aliphatic rings. The van der Waals surface area contributed by atoms with E-state index in [-0.39, 0.29) is 6.04 Å². The number of rotatable bonds is 3. The van der Waals surface area contributed by atoms with Gasteiger partial charge in [-0.15, -0.1) is 0 Å². The first kappa shape index (κ1) is 14.6. The second kappa shape index (κ2) is 5.61. The molecule has 1 unspecified atom stereocenters. The van der Waals surface area contributed by atoms with Gasteiger partial charge in [-0.25, -0.2) is 9.97 Å². The lowest BCUT2D eigenvalue weighted by molar-refractivity contribution is 0.100. The van der Waals surface area contributed by atoms with E-state index in [0.29, 0.717) is 11.4 Å². The molecule has 1 aromatic carbocycles. The molecule has 122 valence electrons. The smallest absolute Gasteiger partial charge is 0.248 e. The average Bonchev–Trinajstić information content (AvgIpc) is 3.23. The van der Waals surface area contributed by atoms with Crippen LogP contribution in [0.2, 0.25) is 0 Å². The first-order valence-corrected chi connectivity index (χ1v) is 7.91. The summed E-state index contributed by atoms with van der Waals surface area (Å²) in [4.78, 5) is 20.3. The van der Waals surface area contributed by atoms with E-state index >= 15 is 0 Å². The highest BCUT2D eigenvalue weighted by Crippen LogP contribution is 2.32. The molecule has 1 amide bonds. The Bertz CT molecular complexity index is 909. The maximum atomic E-state index is 11.3. The van der Waals surface area contributed by atoms with Gasteiger partial charge in [-0.2, -0.15) is 0 Å². The molecule has 0 bridgehead atoms. The standard InChI is InChI=1S/C17H18N6O/c18-15-14-13(10-3-5-11(6-4-10)16(19)24)22-17(12-2-1-7-20-12)23(14)9-8-21-15/h3-6,8-9,12,20H,1-2,7H2,(H2,18,21)(H2,19,24). The molecule has 0 radical (unpaired) electrons. The molecule has 1 saturated heterocycles. The summed E-state index contributed by atoms with van der Waals surface area (Å²) in [7, 11) is 0. The van der Waals surface area contributed by atoms with Crippen molar-refractivity contribution in [1.29, 1.82) is 0 Å². The number of hydrogen-bond donors (Lipinski definition) is 3. The lowest BCUT2D eigenvalue weighted by Crippen LogP contribution is -2.16. The van der Waals surface area contributed by atoms with E-state index in [9.17, 15) is 4.79 Å². The zero-order valence-electron chi connectivity index (χ0n) is 13.1. The summed E-state index contributed by atoms with van der Waals surface area (Å²) in [6.07, 6.45) is 5.74. The van der Waals surface area contributed by atoms with E-state index in [4.69, 9.17) is 16.5 Å². The van der Waals surface area contributed by atoms with E-state index in [2.05, 4.69) is 10.3 Å². The molecule has 1 aliphatic heterocycles. The van der Waals surface area contributed by atoms with E-state index in [1.807, 2.05) is 22.7 Å². The number of nitrogen functional groups attached to an aromatic ring is 1. The Balaban J connectivity index is 1.89. The van der Waals surface area contributed by atoms with Gasteiger partial charge in [-0.05, 0) is 31.5 Å². The van der Waals surface area contributed by atoms with Gasteiger partial charge in [0.05, 0.1) is 6.04 Å². The van der Waals surface area contributed by atoms with Crippen molar-refractivity contribution in [1.82, 2.24) is 19.7 Å². The van der Waals surface area contributed by atoms with Crippen LogP contribution in [0.5, 0.6) is 0 Å². The van der Waals surface area contributed by atoms with E-state index in [0.717, 1.165) is 42.0 Å². The first-order valence-electron chi connectivity index (χ1n) is 7.91. The number of carbonyl (C=O) groups is 1. The zero-order valence-corrected chi connectivity index (χ0v) is 13.1. The van der Waals surface area contributed by atoms with Gasteiger partial charge in [0, 0.05) is 23.5 Å². The molecule has 24 heavy (non-hydrogen) atoms. The Kier molecular flexibility index (Phi) is 3.42. The Morgan fingerprint density at radius 2 is 2.08 bits per heavy atom. The number of imidazole rings is 1. The van der Waals surface area contributed by atoms with Crippen molar-refractivity contribution in [2.45, 2.75) is 18.9 Å². The fourth-order valence-corrected chi connectivity index (χ4v) is 3.23. The number of primary amides is 1. The molecular formula is C17H18N6O. The largest absolute Gasteiger partial charge is 0.382 e. The molecule has 5 N–H and O–H groups in total. The Morgan fingerprint density at radius 3 is 2.75 bits per heavy atom. The number of nitrogens with zero attached hydrogens (tertiary/aromatic N) is 3. The van der Waals surface area contributed by atoms with E-state index in [1.165, 1.54) is 0 Å². The molecular weight excluding hydrogens is 304 g/mol. The molecule has 0 saturated carbocycles. The SMILES string of the molecule is NC(=O)c1ccc(-c2nc(C3CCCN3)n3ccnc(N)c23)cc1. The highest BCUT2D eigenvalue weighted by Gasteiger charge is 2.24. The fourth-order valence-electron chi connectivity index (χ4n) is 3.23. The monoisotopic (exact) mass is 322 g/mol. The quantitative estimate of drug-likeness (QED) is 0.676. The maximum Gasteiger partial charge on any atom is 0.248 e. The van der Waals surface area contributed by atoms with Gasteiger partial charge in [0.1, 0.15) is 22.9 Å². The van der Waals surface area contributed by atoms with Crippen LogP contribution in [0.3, 0.4) is 0 Å². The van der Waals surface area contributed by atoms with Crippen LogP contribution in [0.4, 0.5) is 5.82 Å². The van der Waals surface area contributed by atoms with Crippen LogP contribution >= 0.6 is 0 Å². The third kappa shape index (κ3) is 2.30. The topological polar surface area (TPSA) is 111 Å². The van der Waals surface area contributed by atoms with Gasteiger partial charge >= 0.3 is 0 Å². The summed E-state index contributed by atoms with van der Waals surface area (Å²) in [5, 5.41) is 3.47. The molecule has 0 spiro atoms. The van der Waals surface area contributed by atoms with Crippen LogP contribution in [-0.4, -0.2) is 26.8 Å². The summed E-state index contributed by atoms with van der Waals surface area (Å²) < 4.78 is 2.00. The normalized spacial score (nSPS) is 17.4. The van der Waals surface area contributed by atoms with Crippen LogP contribution in [0, 0.1) is 0 Å². The summed E-state index contributed by atoms with van der Waals surface area (Å²) >= 11 is 0. The van der Waals surface area contributed by atoms with Crippen LogP contribution in [-0.2, 0) is 0 Å². The number of amides is 1. The van der Waals surface area contributed by atoms with Crippen molar-refractivity contribution in [3.63, 3.8) is 0 Å². The molecule has 1 fully saturated rings. The number of anilines is 1. The number of nitrogens with one attached hydrogen (secondary N) is 1. The summed E-state index contributed by atoms with van der Waals surface area (Å²) in [5.41, 5.74) is 14.3. The number of aromatic nitrogens is 3. The predicted molar refractivity (Wildman–Crippen MR) is 91.3 cm³/mol. The number of hydrogen-bond acceptors (Lipinski definition) is 5. The molecule has 7 heteroatoms. The van der Waals surface area contributed by atoms with Gasteiger partial charge in [-0.1, -0.05) is 12.1 Å². The Hall–Kier alpha value is -2.93. The van der Waals surface area contributed by atoms with Crippen molar-refractivity contribution in [2.24, 2.45) is 5.73 Å². The third-order valence-electron chi connectivity index (χ3n) is 4.43. The van der Waals surface area contributed by atoms with Gasteiger partial charge < -0.3 is 16.8 Å². The lowest BCUT2D eigenvalue weighted by atomic mass is 10.1. The van der Waals surface area contributed by atoms with Gasteiger partial charge in [0.25, 0.3) is 0 Å². The number of benzene rings is 1. The molecule has 1 atom stereocenters. The van der Waals surface area contributed by atoms with E-state index < -0.39 is 5.91 Å². The minimum atomic E-state index is -0.451. The van der Waals surface area contributed by atoms with Crippen molar-refractivity contribution < 1.29 is 4.79 Å². The second-order valence-corrected chi connectivity index (χ2v) is 5.94. The van der Waals surface area contributed by atoms with Crippen LogP contribution in [0.25, 0.3) is 16.8 Å². The zero-order chi connectivity index (χ0) is 16.7. The van der Waals surface area contributed by atoms with Crippen molar-refractivity contribution in [3.05, 3.63) is 48.0 Å². The maximum absolute atomic E-state index is 11.3. The van der Waals surface area contributed by atoms with Crippen molar-refractivity contribution >= 4 is 17.2 Å². The molecule has 0 aliphatic carbocycles. The second-order valence-electron chi connectivity index (χ2n) is 5.94. The van der Waals surface area contributed by atoms with Crippen LogP contribution in [0.1, 0.15) is 35.1 Å². The fraction of sp³-hybridized carbons (Fsp3) is 0.235. The highest BCUT2D eigenvalue weighted by atomic mass is 16.1. The van der Waals surface area contributed by atoms with Crippen LogP contribution < -0.4 is 16.8 Å². The van der Waals surface area contributed by atoms with Crippen molar-refractivity contribution in [3.8, 4) is 11.3 Å². The highest BCUT2D eigenvalue weighted by molar-refractivity contribution is 5.94. The van der Waals surface area contributed by atoms with Crippen LogP contribution in [0.15, 0.2) is 36.7 Å². The van der Waals surface area contributed by atoms with Gasteiger partial charge in [0.2, 0.25) is 5.91 Å². The average molecular weight is 322 g/mol. The third-order valence-corrected chi connectivity index (χ3v) is 4.43. The molecule has 7 nitrogen and oxygen atoms in total. The molecule has 3 heterocycles. The number of fused-ring (bicyclic) bond motifs is 1. The molecule has 3 aromatic rings. The van der Waals surface area contributed by atoms with Gasteiger partial charge in [-0.3, -0.25) is 9.20 Å². The minimum Gasteiger partial charge on any atom is -0.382 e. The van der Waals surface area contributed by atoms with E-state index in [1.54, 1.807) is 18.3 Å². The minimum absolute atomic E-state index is 0.206. The summed E-state index contributed by atoms with van der Waals surface area (Å²) in [6.45, 7) is 0.989. The number of nitrogens with two attached hydrogens (primary N) is 2. The number of carbonyl (C=O) groups excluding carboxylic acids is 1.